The number of para-hydroxylation sites is 3. The third kappa shape index (κ3) is 5.26. The zero-order valence-corrected chi connectivity index (χ0v) is 35.7. The Labute approximate surface area is 378 Å². The zero-order chi connectivity index (χ0) is 42.6. The first-order valence-corrected chi connectivity index (χ1v) is 22.9. The van der Waals surface area contributed by atoms with Crippen molar-refractivity contribution in [3.63, 3.8) is 0 Å². The van der Waals surface area contributed by atoms with Crippen LogP contribution in [0.15, 0.2) is 230 Å². The summed E-state index contributed by atoms with van der Waals surface area (Å²) in [4.78, 5) is 18.6. The average Bonchev–Trinajstić information content (AvgIpc) is 3.90. The molecule has 0 saturated carbocycles. The molecule has 5 nitrogen and oxygen atoms in total. The van der Waals surface area contributed by atoms with Gasteiger partial charge in [0.05, 0.1) is 22.2 Å². The van der Waals surface area contributed by atoms with Gasteiger partial charge in [0, 0.05) is 47.8 Å². The van der Waals surface area contributed by atoms with Crippen LogP contribution in [-0.4, -0.2) is 16.7 Å². The second-order valence-electron chi connectivity index (χ2n) is 17.0. The zero-order valence-electron chi connectivity index (χ0n) is 34.9. The summed E-state index contributed by atoms with van der Waals surface area (Å²) in [6, 6.07) is 73.8. The van der Waals surface area contributed by atoms with Gasteiger partial charge >= 0.3 is 0 Å². The van der Waals surface area contributed by atoms with Crippen molar-refractivity contribution in [1.29, 1.82) is 0 Å². The van der Waals surface area contributed by atoms with Crippen molar-refractivity contribution in [1.82, 2.24) is 10.3 Å². The minimum atomic E-state index is -0.476. The number of pyridine rings is 1. The number of nitrogens with zero attached hydrogens (tertiary/aromatic N) is 3. The van der Waals surface area contributed by atoms with Gasteiger partial charge in [0.15, 0.2) is 5.84 Å². The minimum Gasteiger partial charge on any atom is -0.455 e. The summed E-state index contributed by atoms with van der Waals surface area (Å²) in [6.07, 6.45) is -0.440. The van der Waals surface area contributed by atoms with Crippen molar-refractivity contribution in [3.05, 3.63) is 245 Å². The highest BCUT2D eigenvalue weighted by atomic mass is 32.2. The number of fused-ring (bicyclic) bond motifs is 16. The van der Waals surface area contributed by atoms with Gasteiger partial charge in [-0.2, -0.15) is 0 Å². The number of aliphatic imine (C=N–C) groups is 2. The van der Waals surface area contributed by atoms with Crippen LogP contribution < -0.4 is 5.32 Å². The lowest BCUT2D eigenvalue weighted by Gasteiger charge is -2.39. The quantitative estimate of drug-likeness (QED) is 0.179. The number of hydrogen-bond acceptors (Lipinski definition) is 6. The highest BCUT2D eigenvalue weighted by molar-refractivity contribution is 7.99. The molecular formula is C59H36N4OS. The SMILES string of the molecule is c1ccc(C2=NC(c3cccc4c3oc3ccccc34)=NC(c3cccc(-c4nc5ccccc5c5c6c(ccc45)C4(c5ccccc5Sc5ccccc54)c4ccccc4-6)c3)N2)cc1. The van der Waals surface area contributed by atoms with Crippen LogP contribution in [0.3, 0.4) is 0 Å². The Bertz CT molecular complexity index is 3820. The standard InChI is InChI=1S/C59H36N4OS/c1-2-16-35(17-3-1)56-61-57(63-58(62-56)43-24-15-23-39-38-20-6-11-29-49(38)64-55(39)43)37-19-14-18-36(34-37)54-42-32-33-47-53(52(42)41-22-5-10-28-48(41)60-54)40-21-4-7-25-44(40)59(47)45-26-8-12-30-50(45)65-51-31-13-9-27-46(51)59/h1-34,57H,(H,61,62,63). The van der Waals surface area contributed by atoms with Gasteiger partial charge in [-0.25, -0.2) is 15.0 Å². The average molecular weight is 849 g/mol. The number of rotatable bonds is 4. The predicted molar refractivity (Wildman–Crippen MR) is 265 cm³/mol. The Morgan fingerprint density at radius 2 is 1.17 bits per heavy atom. The van der Waals surface area contributed by atoms with Crippen molar-refractivity contribution in [2.24, 2.45) is 9.98 Å². The molecule has 4 heterocycles. The molecule has 1 unspecified atom stereocenters. The van der Waals surface area contributed by atoms with E-state index in [1.807, 2.05) is 48.2 Å². The number of nitrogens with one attached hydrogen (secondary N) is 1. The van der Waals surface area contributed by atoms with Crippen LogP contribution in [0.4, 0.5) is 0 Å². The van der Waals surface area contributed by atoms with Crippen LogP contribution in [0.25, 0.3) is 66.0 Å². The van der Waals surface area contributed by atoms with Crippen LogP contribution in [0.2, 0.25) is 0 Å². The second kappa shape index (κ2) is 14.0. The molecule has 9 aromatic carbocycles. The lowest BCUT2D eigenvalue weighted by atomic mass is 9.67. The van der Waals surface area contributed by atoms with Crippen molar-refractivity contribution >= 4 is 67.0 Å². The highest BCUT2D eigenvalue weighted by Crippen LogP contribution is 2.63. The van der Waals surface area contributed by atoms with E-state index in [4.69, 9.17) is 19.4 Å². The fourth-order valence-corrected chi connectivity index (χ4v) is 12.1. The normalized spacial score (nSPS) is 15.6. The van der Waals surface area contributed by atoms with Crippen molar-refractivity contribution in [2.45, 2.75) is 21.4 Å². The lowest BCUT2D eigenvalue weighted by Crippen LogP contribution is -2.33. The Morgan fingerprint density at radius 3 is 2.02 bits per heavy atom. The summed E-state index contributed by atoms with van der Waals surface area (Å²) < 4.78 is 6.52. The van der Waals surface area contributed by atoms with E-state index in [1.165, 1.54) is 48.6 Å². The molecule has 14 rings (SSSR count). The summed E-state index contributed by atoms with van der Waals surface area (Å²) in [5.74, 6) is 1.37. The van der Waals surface area contributed by atoms with Gasteiger partial charge in [-0.15, -0.1) is 0 Å². The molecule has 0 amide bonds. The Hall–Kier alpha value is -8.06. The molecule has 11 aromatic rings. The van der Waals surface area contributed by atoms with E-state index in [1.54, 1.807) is 0 Å². The first kappa shape index (κ1) is 36.4. The van der Waals surface area contributed by atoms with Gasteiger partial charge in [-0.3, -0.25) is 0 Å². The molecule has 1 aliphatic carbocycles. The van der Waals surface area contributed by atoms with E-state index in [2.05, 4.69) is 175 Å². The molecule has 0 bridgehead atoms. The van der Waals surface area contributed by atoms with E-state index in [-0.39, 0.29) is 0 Å². The molecule has 0 saturated heterocycles. The maximum Gasteiger partial charge on any atom is 0.163 e. The minimum absolute atomic E-state index is 0.440. The van der Waals surface area contributed by atoms with Gasteiger partial charge in [0.1, 0.15) is 23.2 Å². The fraction of sp³-hybridized carbons (Fsp3) is 0.0339. The second-order valence-corrected chi connectivity index (χ2v) is 18.1. The van der Waals surface area contributed by atoms with Crippen LogP contribution in [-0.2, 0) is 5.41 Å². The summed E-state index contributed by atoms with van der Waals surface area (Å²) in [7, 11) is 0. The molecule has 1 atom stereocenters. The Balaban J connectivity index is 0.978. The summed E-state index contributed by atoms with van der Waals surface area (Å²) in [5.41, 5.74) is 14.7. The molecule has 1 N–H and O–H groups in total. The van der Waals surface area contributed by atoms with E-state index < -0.39 is 11.6 Å². The van der Waals surface area contributed by atoms with Crippen molar-refractivity contribution in [3.8, 4) is 22.4 Å². The van der Waals surface area contributed by atoms with E-state index in [0.717, 1.165) is 72.0 Å². The molecule has 304 valence electrons. The van der Waals surface area contributed by atoms with Gasteiger partial charge < -0.3 is 9.73 Å². The summed E-state index contributed by atoms with van der Waals surface area (Å²) in [5, 5.41) is 9.30. The molecule has 0 fully saturated rings. The van der Waals surface area contributed by atoms with Crippen molar-refractivity contribution in [2.75, 3.05) is 0 Å². The molecular weight excluding hydrogens is 813 g/mol. The number of amidine groups is 2. The number of benzene rings is 9. The maximum atomic E-state index is 6.52. The number of furan rings is 1. The van der Waals surface area contributed by atoms with Crippen LogP contribution >= 0.6 is 11.8 Å². The number of aromatic nitrogens is 1. The van der Waals surface area contributed by atoms with E-state index >= 15 is 0 Å². The van der Waals surface area contributed by atoms with E-state index in [0.29, 0.717) is 5.84 Å². The maximum absolute atomic E-state index is 6.52. The van der Waals surface area contributed by atoms with Gasteiger partial charge in [0.2, 0.25) is 0 Å². The largest absolute Gasteiger partial charge is 0.455 e. The molecule has 0 radical (unpaired) electrons. The molecule has 2 aliphatic heterocycles. The first-order chi connectivity index (χ1) is 32.2. The van der Waals surface area contributed by atoms with Crippen LogP contribution in [0.1, 0.15) is 45.1 Å². The third-order valence-corrected chi connectivity index (χ3v) is 14.7. The topological polar surface area (TPSA) is 62.8 Å². The predicted octanol–water partition coefficient (Wildman–Crippen LogP) is 14.3. The van der Waals surface area contributed by atoms with Gasteiger partial charge in [-0.1, -0.05) is 182 Å². The molecule has 1 spiro atoms. The Kier molecular flexibility index (Phi) is 7.83. The molecule has 2 aromatic heterocycles. The van der Waals surface area contributed by atoms with Crippen LogP contribution in [0.5, 0.6) is 0 Å². The van der Waals surface area contributed by atoms with Crippen LogP contribution in [0, 0.1) is 0 Å². The van der Waals surface area contributed by atoms with Crippen molar-refractivity contribution < 1.29 is 4.42 Å². The molecule has 65 heavy (non-hydrogen) atoms. The van der Waals surface area contributed by atoms with E-state index in [9.17, 15) is 0 Å². The fourth-order valence-electron chi connectivity index (χ4n) is 10.9. The summed E-state index contributed by atoms with van der Waals surface area (Å²) in [6.45, 7) is 0. The smallest absolute Gasteiger partial charge is 0.163 e. The lowest BCUT2D eigenvalue weighted by molar-refractivity contribution is 0.663. The molecule has 6 heteroatoms. The molecule has 3 aliphatic rings. The summed E-state index contributed by atoms with van der Waals surface area (Å²) >= 11 is 1.87. The van der Waals surface area contributed by atoms with Gasteiger partial charge in [0.25, 0.3) is 0 Å². The Morgan fingerprint density at radius 1 is 0.508 bits per heavy atom. The highest BCUT2D eigenvalue weighted by Gasteiger charge is 2.50. The first-order valence-electron chi connectivity index (χ1n) is 22.0. The third-order valence-electron chi connectivity index (χ3n) is 13.6. The monoisotopic (exact) mass is 848 g/mol. The van der Waals surface area contributed by atoms with Gasteiger partial charge in [-0.05, 0) is 75.3 Å². The number of hydrogen-bond donors (Lipinski definition) is 1.